The highest BCUT2D eigenvalue weighted by Gasteiger charge is 2.30. The molecule has 0 aliphatic rings. The quantitative estimate of drug-likeness (QED) is 0.640. The lowest BCUT2D eigenvalue weighted by Gasteiger charge is -2.31. The average Bonchev–Trinajstić information content (AvgIpc) is 2.71. The first-order valence-electron chi connectivity index (χ1n) is 9.03. The Bertz CT molecular complexity index is 1020. The molecule has 0 bridgehead atoms. The van der Waals surface area contributed by atoms with Gasteiger partial charge in [-0.15, -0.1) is 0 Å². The highest BCUT2D eigenvalue weighted by Crippen LogP contribution is 2.33. The fraction of sp³-hybridized carbons (Fsp3) is 0.300. The summed E-state index contributed by atoms with van der Waals surface area (Å²) in [5, 5.41) is 2.70. The third kappa shape index (κ3) is 5.87. The maximum absolute atomic E-state index is 13.2. The second-order valence-electron chi connectivity index (χ2n) is 6.64. The maximum Gasteiger partial charge on any atom is 0.244 e. The van der Waals surface area contributed by atoms with Crippen LogP contribution in [-0.2, 0) is 26.2 Å². The number of amides is 2. The van der Waals surface area contributed by atoms with Gasteiger partial charge in [0.05, 0.1) is 22.0 Å². The summed E-state index contributed by atoms with van der Waals surface area (Å²) in [6.07, 6.45) is 0.973. The number of rotatable bonds is 8. The number of anilines is 1. The first-order valence-corrected chi connectivity index (χ1v) is 11.6. The number of hydrogen-bond donors (Lipinski definition) is 1. The summed E-state index contributed by atoms with van der Waals surface area (Å²) in [5.41, 5.74) is 0.889. The van der Waals surface area contributed by atoms with Gasteiger partial charge in [0, 0.05) is 13.6 Å². The standard InChI is InChI=1S/C20H23Cl2N3O4S/c1-14(20(27)23-2)24(12-15-8-5-4-6-9-15)18(26)13-25(30(3,28)29)17-11-7-10-16(21)19(17)22/h4-11,14H,12-13H2,1-3H3,(H,23,27). The van der Waals surface area contributed by atoms with Crippen molar-refractivity contribution < 1.29 is 18.0 Å². The normalized spacial score (nSPS) is 12.2. The SMILES string of the molecule is CNC(=O)C(C)N(Cc1ccccc1)C(=O)CN(c1cccc(Cl)c1Cl)S(C)(=O)=O. The number of likely N-dealkylation sites (N-methyl/N-ethyl adjacent to an activating group) is 1. The van der Waals surface area contributed by atoms with E-state index in [0.717, 1.165) is 16.1 Å². The molecule has 0 aliphatic carbocycles. The molecule has 0 saturated carbocycles. The van der Waals surface area contributed by atoms with Crippen LogP contribution in [0.3, 0.4) is 0 Å². The number of nitrogens with zero attached hydrogens (tertiary/aromatic N) is 2. The predicted octanol–water partition coefficient (Wildman–Crippen LogP) is 2.92. The first kappa shape index (κ1) is 24.0. The van der Waals surface area contributed by atoms with Crippen LogP contribution < -0.4 is 9.62 Å². The zero-order chi connectivity index (χ0) is 22.5. The lowest BCUT2D eigenvalue weighted by atomic mass is 10.1. The number of nitrogens with one attached hydrogen (secondary N) is 1. The van der Waals surface area contributed by atoms with Crippen molar-refractivity contribution in [2.75, 3.05) is 24.2 Å². The molecule has 2 rings (SSSR count). The second kappa shape index (κ2) is 10.1. The molecule has 10 heteroatoms. The number of benzene rings is 2. The van der Waals surface area contributed by atoms with Crippen LogP contribution >= 0.6 is 23.2 Å². The van der Waals surface area contributed by atoms with E-state index in [9.17, 15) is 18.0 Å². The van der Waals surface area contributed by atoms with E-state index in [1.54, 1.807) is 13.0 Å². The number of carbonyl (C=O) groups is 2. The average molecular weight is 472 g/mol. The Morgan fingerprint density at radius 1 is 1.07 bits per heavy atom. The Morgan fingerprint density at radius 3 is 2.27 bits per heavy atom. The molecule has 7 nitrogen and oxygen atoms in total. The van der Waals surface area contributed by atoms with E-state index in [2.05, 4.69) is 5.32 Å². The monoisotopic (exact) mass is 471 g/mol. The summed E-state index contributed by atoms with van der Waals surface area (Å²) in [6, 6.07) is 12.8. The first-order chi connectivity index (χ1) is 14.1. The fourth-order valence-corrected chi connectivity index (χ4v) is 4.15. The second-order valence-corrected chi connectivity index (χ2v) is 9.33. The van der Waals surface area contributed by atoms with Gasteiger partial charge in [-0.1, -0.05) is 59.6 Å². The predicted molar refractivity (Wildman–Crippen MR) is 119 cm³/mol. The van der Waals surface area contributed by atoms with Gasteiger partial charge < -0.3 is 10.2 Å². The molecule has 0 fully saturated rings. The van der Waals surface area contributed by atoms with Crippen molar-refractivity contribution >= 4 is 50.7 Å². The summed E-state index contributed by atoms with van der Waals surface area (Å²) >= 11 is 12.2. The van der Waals surface area contributed by atoms with E-state index in [-0.39, 0.29) is 28.2 Å². The van der Waals surface area contributed by atoms with Gasteiger partial charge in [0.1, 0.15) is 12.6 Å². The van der Waals surface area contributed by atoms with Gasteiger partial charge in [-0.2, -0.15) is 0 Å². The Hall–Kier alpha value is -2.29. The van der Waals surface area contributed by atoms with Gasteiger partial charge >= 0.3 is 0 Å². The van der Waals surface area contributed by atoms with Crippen LogP contribution in [0.1, 0.15) is 12.5 Å². The lowest BCUT2D eigenvalue weighted by molar-refractivity contribution is -0.139. The maximum atomic E-state index is 13.2. The molecule has 0 aromatic heterocycles. The van der Waals surface area contributed by atoms with Crippen molar-refractivity contribution in [2.45, 2.75) is 19.5 Å². The number of hydrogen-bond acceptors (Lipinski definition) is 4. The molecule has 1 N–H and O–H groups in total. The van der Waals surface area contributed by atoms with E-state index in [0.29, 0.717) is 0 Å². The van der Waals surface area contributed by atoms with Crippen molar-refractivity contribution in [2.24, 2.45) is 0 Å². The van der Waals surface area contributed by atoms with E-state index < -0.39 is 28.5 Å². The molecular weight excluding hydrogens is 449 g/mol. The summed E-state index contributed by atoms with van der Waals surface area (Å²) in [6.45, 7) is 1.18. The van der Waals surface area contributed by atoms with Gasteiger partial charge in [-0.05, 0) is 24.6 Å². The largest absolute Gasteiger partial charge is 0.357 e. The van der Waals surface area contributed by atoms with Crippen LogP contribution in [0.5, 0.6) is 0 Å². The van der Waals surface area contributed by atoms with Crippen LogP contribution in [0.25, 0.3) is 0 Å². The van der Waals surface area contributed by atoms with Crippen molar-refractivity contribution in [1.82, 2.24) is 10.2 Å². The molecule has 1 unspecified atom stereocenters. The van der Waals surface area contributed by atoms with Crippen LogP contribution in [-0.4, -0.2) is 51.0 Å². The molecule has 30 heavy (non-hydrogen) atoms. The van der Waals surface area contributed by atoms with E-state index in [4.69, 9.17) is 23.2 Å². The molecule has 0 aliphatic heterocycles. The molecule has 0 spiro atoms. The summed E-state index contributed by atoms with van der Waals surface area (Å²) in [5.74, 6) is -0.928. The lowest BCUT2D eigenvalue weighted by Crippen LogP contribution is -2.50. The van der Waals surface area contributed by atoms with Gasteiger partial charge in [0.25, 0.3) is 0 Å². The Morgan fingerprint density at radius 2 is 1.70 bits per heavy atom. The molecular formula is C20H23Cl2N3O4S. The highest BCUT2D eigenvalue weighted by molar-refractivity contribution is 7.92. The molecule has 0 heterocycles. The van der Waals surface area contributed by atoms with E-state index >= 15 is 0 Å². The van der Waals surface area contributed by atoms with Crippen molar-refractivity contribution in [3.05, 3.63) is 64.1 Å². The van der Waals surface area contributed by atoms with Crippen LogP contribution in [0.2, 0.25) is 10.0 Å². The summed E-state index contributed by atoms with van der Waals surface area (Å²) < 4.78 is 25.8. The minimum atomic E-state index is -3.87. The third-order valence-electron chi connectivity index (χ3n) is 4.49. The van der Waals surface area contributed by atoms with Crippen molar-refractivity contribution in [3.63, 3.8) is 0 Å². The summed E-state index contributed by atoms with van der Waals surface area (Å²) in [4.78, 5) is 26.7. The Balaban J connectivity index is 2.41. The minimum Gasteiger partial charge on any atom is -0.357 e. The minimum absolute atomic E-state index is 0.0198. The summed E-state index contributed by atoms with van der Waals surface area (Å²) in [7, 11) is -2.40. The molecule has 162 valence electrons. The zero-order valence-corrected chi connectivity index (χ0v) is 19.1. The molecule has 1 atom stereocenters. The zero-order valence-electron chi connectivity index (χ0n) is 16.8. The van der Waals surface area contributed by atoms with Crippen LogP contribution in [0, 0.1) is 0 Å². The van der Waals surface area contributed by atoms with Gasteiger partial charge in [-0.25, -0.2) is 8.42 Å². The number of halogens is 2. The highest BCUT2D eigenvalue weighted by atomic mass is 35.5. The molecule has 2 amide bonds. The smallest absolute Gasteiger partial charge is 0.244 e. The molecule has 0 radical (unpaired) electrons. The Labute approximate surface area is 186 Å². The van der Waals surface area contributed by atoms with Crippen molar-refractivity contribution in [3.8, 4) is 0 Å². The topological polar surface area (TPSA) is 86.8 Å². The van der Waals surface area contributed by atoms with E-state index in [1.165, 1.54) is 24.1 Å². The fourth-order valence-electron chi connectivity index (χ4n) is 2.85. The van der Waals surface area contributed by atoms with Gasteiger partial charge in [0.2, 0.25) is 21.8 Å². The van der Waals surface area contributed by atoms with Crippen LogP contribution in [0.4, 0.5) is 5.69 Å². The Kier molecular flexibility index (Phi) is 8.11. The molecule has 2 aromatic rings. The number of sulfonamides is 1. The van der Waals surface area contributed by atoms with E-state index in [1.807, 2.05) is 30.3 Å². The van der Waals surface area contributed by atoms with Gasteiger partial charge in [0.15, 0.2) is 0 Å². The van der Waals surface area contributed by atoms with Gasteiger partial charge in [-0.3, -0.25) is 13.9 Å². The molecule has 2 aromatic carbocycles. The van der Waals surface area contributed by atoms with Crippen LogP contribution in [0.15, 0.2) is 48.5 Å². The third-order valence-corrected chi connectivity index (χ3v) is 6.42. The molecule has 0 saturated heterocycles. The number of carbonyl (C=O) groups excluding carboxylic acids is 2. The van der Waals surface area contributed by atoms with Crippen molar-refractivity contribution in [1.29, 1.82) is 0 Å².